The molecule has 0 aliphatic carbocycles. The number of nitrogens with zero attached hydrogens (tertiary/aromatic N) is 2. The monoisotopic (exact) mass is 286 g/mol. The van der Waals surface area contributed by atoms with Gasteiger partial charge in [-0.3, -0.25) is 0 Å². The first-order chi connectivity index (χ1) is 10.2. The van der Waals surface area contributed by atoms with E-state index in [1.54, 1.807) is 7.11 Å². The van der Waals surface area contributed by atoms with E-state index >= 15 is 0 Å². The Morgan fingerprint density at radius 2 is 1.86 bits per heavy atom. The molecule has 2 N–H and O–H groups in total. The summed E-state index contributed by atoms with van der Waals surface area (Å²) in [6.07, 6.45) is 0.801. The van der Waals surface area contributed by atoms with E-state index in [1.165, 1.54) is 0 Å². The number of hydrogen-bond donors (Lipinski definition) is 2. The molecule has 112 valence electrons. The van der Waals surface area contributed by atoms with E-state index in [0.717, 1.165) is 47.4 Å². The van der Waals surface area contributed by atoms with Crippen LogP contribution in [-0.4, -0.2) is 23.6 Å². The van der Waals surface area contributed by atoms with Gasteiger partial charge < -0.3 is 15.4 Å². The highest BCUT2D eigenvalue weighted by Crippen LogP contribution is 2.24. The summed E-state index contributed by atoms with van der Waals surface area (Å²) in [7, 11) is 1.68. The number of benzene rings is 1. The lowest BCUT2D eigenvalue weighted by molar-refractivity contribution is 0.412. The zero-order valence-electron chi connectivity index (χ0n) is 13.0. The van der Waals surface area contributed by atoms with Gasteiger partial charge in [-0.2, -0.15) is 0 Å². The zero-order chi connectivity index (χ0) is 15.2. The van der Waals surface area contributed by atoms with Crippen LogP contribution in [0.25, 0.3) is 0 Å². The SMILES string of the molecule is CCNc1cc(Nc2ccc(OC)c(C)c2)nc(CC)n1. The molecule has 1 heterocycles. The first-order valence-electron chi connectivity index (χ1n) is 7.19. The summed E-state index contributed by atoms with van der Waals surface area (Å²) in [4.78, 5) is 8.95. The molecule has 5 heteroatoms. The van der Waals surface area contributed by atoms with Crippen molar-refractivity contribution in [2.45, 2.75) is 27.2 Å². The van der Waals surface area contributed by atoms with Crippen LogP contribution in [0.2, 0.25) is 0 Å². The third-order valence-corrected chi connectivity index (χ3v) is 3.11. The molecule has 0 saturated carbocycles. The Balaban J connectivity index is 2.25. The van der Waals surface area contributed by atoms with Crippen LogP contribution >= 0.6 is 0 Å². The lowest BCUT2D eigenvalue weighted by atomic mass is 10.2. The first-order valence-corrected chi connectivity index (χ1v) is 7.19. The van der Waals surface area contributed by atoms with Crippen LogP contribution in [0.15, 0.2) is 24.3 Å². The van der Waals surface area contributed by atoms with Gasteiger partial charge in [0.15, 0.2) is 0 Å². The van der Waals surface area contributed by atoms with Gasteiger partial charge in [0.05, 0.1) is 7.11 Å². The van der Waals surface area contributed by atoms with Gasteiger partial charge >= 0.3 is 0 Å². The molecule has 5 nitrogen and oxygen atoms in total. The summed E-state index contributed by atoms with van der Waals surface area (Å²) in [6, 6.07) is 7.89. The smallest absolute Gasteiger partial charge is 0.136 e. The largest absolute Gasteiger partial charge is 0.496 e. The number of aromatic nitrogens is 2. The molecule has 21 heavy (non-hydrogen) atoms. The van der Waals surface area contributed by atoms with Crippen molar-refractivity contribution in [2.75, 3.05) is 24.3 Å². The molecule has 1 aromatic heterocycles. The maximum Gasteiger partial charge on any atom is 0.136 e. The maximum atomic E-state index is 5.27. The summed E-state index contributed by atoms with van der Waals surface area (Å²) in [6.45, 7) is 6.95. The second kappa shape index (κ2) is 6.92. The van der Waals surface area contributed by atoms with Gasteiger partial charge in [0.1, 0.15) is 23.2 Å². The molecule has 0 atom stereocenters. The third kappa shape index (κ3) is 3.84. The van der Waals surface area contributed by atoms with E-state index in [-0.39, 0.29) is 0 Å². The summed E-state index contributed by atoms with van der Waals surface area (Å²) in [5.74, 6) is 3.34. The van der Waals surface area contributed by atoms with Crippen molar-refractivity contribution in [1.29, 1.82) is 0 Å². The van der Waals surface area contributed by atoms with Gasteiger partial charge in [0, 0.05) is 24.7 Å². The minimum absolute atomic E-state index is 0.794. The van der Waals surface area contributed by atoms with E-state index in [0.29, 0.717) is 0 Å². The highest BCUT2D eigenvalue weighted by Gasteiger charge is 2.05. The molecule has 0 aliphatic heterocycles. The molecule has 2 rings (SSSR count). The van der Waals surface area contributed by atoms with E-state index < -0.39 is 0 Å². The second-order valence-corrected chi connectivity index (χ2v) is 4.75. The topological polar surface area (TPSA) is 59.1 Å². The molecule has 0 bridgehead atoms. The molecule has 0 radical (unpaired) electrons. The predicted octanol–water partition coefficient (Wildman–Crippen LogP) is 3.53. The molecule has 0 amide bonds. The standard InChI is InChI=1S/C16H22N4O/c1-5-14-19-15(17-6-2)10-16(20-14)18-12-7-8-13(21-4)11(3)9-12/h7-10H,5-6H2,1-4H3,(H2,17,18,19,20). The van der Waals surface area contributed by atoms with E-state index in [1.807, 2.05) is 45.0 Å². The van der Waals surface area contributed by atoms with Crippen molar-refractivity contribution in [2.24, 2.45) is 0 Å². The fourth-order valence-corrected chi connectivity index (χ4v) is 2.10. The van der Waals surface area contributed by atoms with Crippen molar-refractivity contribution < 1.29 is 4.74 Å². The van der Waals surface area contributed by atoms with Crippen molar-refractivity contribution in [1.82, 2.24) is 9.97 Å². The number of nitrogens with one attached hydrogen (secondary N) is 2. The van der Waals surface area contributed by atoms with Gasteiger partial charge in [0.2, 0.25) is 0 Å². The van der Waals surface area contributed by atoms with Gasteiger partial charge in [0.25, 0.3) is 0 Å². The molecular formula is C16H22N4O. The normalized spacial score (nSPS) is 10.3. The third-order valence-electron chi connectivity index (χ3n) is 3.11. The molecule has 0 spiro atoms. The lowest BCUT2D eigenvalue weighted by Crippen LogP contribution is -2.05. The Morgan fingerprint density at radius 3 is 2.48 bits per heavy atom. The minimum Gasteiger partial charge on any atom is -0.496 e. The second-order valence-electron chi connectivity index (χ2n) is 4.75. The first kappa shape index (κ1) is 15.1. The Bertz CT molecular complexity index is 613. The van der Waals surface area contributed by atoms with Crippen LogP contribution < -0.4 is 15.4 Å². The highest BCUT2D eigenvalue weighted by atomic mass is 16.5. The summed E-state index contributed by atoms with van der Waals surface area (Å²) < 4.78 is 5.27. The molecule has 0 aliphatic rings. The lowest BCUT2D eigenvalue weighted by Gasteiger charge is -2.11. The average molecular weight is 286 g/mol. The fraction of sp³-hybridized carbons (Fsp3) is 0.375. The summed E-state index contributed by atoms with van der Waals surface area (Å²) >= 11 is 0. The van der Waals surface area contributed by atoms with Crippen LogP contribution in [0.1, 0.15) is 25.2 Å². The molecular weight excluding hydrogens is 264 g/mol. The van der Waals surface area contributed by atoms with Crippen LogP contribution in [0.4, 0.5) is 17.3 Å². The number of aryl methyl sites for hydroxylation is 2. The molecule has 0 saturated heterocycles. The number of ether oxygens (including phenoxy) is 1. The van der Waals surface area contributed by atoms with Crippen molar-refractivity contribution >= 4 is 17.3 Å². The van der Waals surface area contributed by atoms with E-state index in [4.69, 9.17) is 4.74 Å². The fourth-order valence-electron chi connectivity index (χ4n) is 2.10. The summed E-state index contributed by atoms with van der Waals surface area (Å²) in [5, 5.41) is 6.55. The van der Waals surface area contributed by atoms with Crippen molar-refractivity contribution in [3.63, 3.8) is 0 Å². The Kier molecular flexibility index (Phi) is 4.98. The maximum absolute atomic E-state index is 5.27. The minimum atomic E-state index is 0.794. The zero-order valence-corrected chi connectivity index (χ0v) is 13.0. The van der Waals surface area contributed by atoms with Gasteiger partial charge in [-0.05, 0) is 37.6 Å². The Morgan fingerprint density at radius 1 is 1.10 bits per heavy atom. The van der Waals surface area contributed by atoms with E-state index in [2.05, 4.69) is 20.6 Å². The van der Waals surface area contributed by atoms with Gasteiger partial charge in [-0.15, -0.1) is 0 Å². The highest BCUT2D eigenvalue weighted by molar-refractivity contribution is 5.61. The van der Waals surface area contributed by atoms with Gasteiger partial charge in [-0.1, -0.05) is 6.92 Å². The van der Waals surface area contributed by atoms with Crippen LogP contribution in [0.5, 0.6) is 5.75 Å². The molecule has 1 aromatic carbocycles. The molecule has 0 fully saturated rings. The Hall–Kier alpha value is -2.30. The number of hydrogen-bond acceptors (Lipinski definition) is 5. The molecule has 0 unspecified atom stereocenters. The van der Waals surface area contributed by atoms with Crippen molar-refractivity contribution in [3.05, 3.63) is 35.7 Å². The van der Waals surface area contributed by atoms with Gasteiger partial charge in [-0.25, -0.2) is 9.97 Å². The van der Waals surface area contributed by atoms with E-state index in [9.17, 15) is 0 Å². The number of rotatable bonds is 6. The van der Waals surface area contributed by atoms with Crippen LogP contribution in [0.3, 0.4) is 0 Å². The number of methoxy groups -OCH3 is 1. The number of anilines is 3. The van der Waals surface area contributed by atoms with Crippen LogP contribution in [0, 0.1) is 6.92 Å². The predicted molar refractivity (Wildman–Crippen MR) is 86.6 cm³/mol. The summed E-state index contributed by atoms with van der Waals surface area (Å²) in [5.41, 5.74) is 2.07. The Labute approximate surface area is 125 Å². The average Bonchev–Trinajstić information content (AvgIpc) is 2.47. The quantitative estimate of drug-likeness (QED) is 0.850. The van der Waals surface area contributed by atoms with Crippen molar-refractivity contribution in [3.8, 4) is 5.75 Å². The van der Waals surface area contributed by atoms with Crippen LogP contribution in [-0.2, 0) is 6.42 Å². The molecule has 2 aromatic rings.